The molecule has 0 atom stereocenters. The SMILES string of the molecule is CN(C)C1CCN(c2ccc(NC(=O)c3ccc(CN)cc3)nc2)CC1.Cl. The Morgan fingerprint density at radius 2 is 1.85 bits per heavy atom. The van der Waals surface area contributed by atoms with E-state index < -0.39 is 0 Å². The smallest absolute Gasteiger partial charge is 0.256 e. The van der Waals surface area contributed by atoms with E-state index in [0.29, 0.717) is 24.0 Å². The summed E-state index contributed by atoms with van der Waals surface area (Å²) in [5.41, 5.74) is 8.28. The van der Waals surface area contributed by atoms with Gasteiger partial charge >= 0.3 is 0 Å². The summed E-state index contributed by atoms with van der Waals surface area (Å²) < 4.78 is 0. The highest BCUT2D eigenvalue weighted by Crippen LogP contribution is 2.22. The lowest BCUT2D eigenvalue weighted by molar-refractivity contribution is 0.102. The standard InChI is InChI=1S/C20H27N5O.ClH/c1-24(2)17-9-11-25(12-10-17)18-7-8-19(22-14-18)23-20(26)16-5-3-15(13-21)4-6-16;/h3-8,14,17H,9-13,21H2,1-2H3,(H,22,23,26);1H. The van der Waals surface area contributed by atoms with Crippen LogP contribution in [0.2, 0.25) is 0 Å². The van der Waals surface area contributed by atoms with Gasteiger partial charge in [-0.25, -0.2) is 4.98 Å². The van der Waals surface area contributed by atoms with Crippen molar-refractivity contribution in [3.8, 4) is 0 Å². The van der Waals surface area contributed by atoms with E-state index in [1.807, 2.05) is 30.5 Å². The number of rotatable bonds is 5. The van der Waals surface area contributed by atoms with Crippen LogP contribution in [0.3, 0.4) is 0 Å². The summed E-state index contributed by atoms with van der Waals surface area (Å²) in [4.78, 5) is 21.4. The quantitative estimate of drug-likeness (QED) is 0.822. The summed E-state index contributed by atoms with van der Waals surface area (Å²) in [6.07, 6.45) is 4.15. The van der Waals surface area contributed by atoms with Gasteiger partial charge in [0, 0.05) is 31.2 Å². The van der Waals surface area contributed by atoms with Crippen molar-refractivity contribution in [3.63, 3.8) is 0 Å². The third-order valence-electron chi connectivity index (χ3n) is 5.00. The molecule has 0 spiro atoms. The number of amides is 1. The maximum atomic E-state index is 12.3. The molecule has 1 amide bonds. The first-order valence-electron chi connectivity index (χ1n) is 9.04. The molecule has 6 nitrogen and oxygen atoms in total. The number of carbonyl (C=O) groups is 1. The van der Waals surface area contributed by atoms with Gasteiger partial charge in [-0.3, -0.25) is 4.79 Å². The second-order valence-corrected chi connectivity index (χ2v) is 6.94. The minimum Gasteiger partial charge on any atom is -0.370 e. The molecule has 1 aliphatic heterocycles. The Balaban J connectivity index is 0.00000261. The molecule has 3 rings (SSSR count). The number of hydrogen-bond donors (Lipinski definition) is 2. The Morgan fingerprint density at radius 3 is 2.37 bits per heavy atom. The lowest BCUT2D eigenvalue weighted by Gasteiger charge is -2.36. The summed E-state index contributed by atoms with van der Waals surface area (Å²) >= 11 is 0. The Morgan fingerprint density at radius 1 is 1.19 bits per heavy atom. The monoisotopic (exact) mass is 389 g/mol. The number of piperidine rings is 1. The van der Waals surface area contributed by atoms with Gasteiger partial charge in [-0.2, -0.15) is 0 Å². The molecule has 7 heteroatoms. The number of pyridine rings is 1. The van der Waals surface area contributed by atoms with Crippen LogP contribution in [0.25, 0.3) is 0 Å². The number of anilines is 2. The first-order valence-corrected chi connectivity index (χ1v) is 9.04. The molecule has 0 saturated carbocycles. The van der Waals surface area contributed by atoms with Gasteiger partial charge in [0.1, 0.15) is 5.82 Å². The van der Waals surface area contributed by atoms with Gasteiger partial charge in [-0.1, -0.05) is 12.1 Å². The minimum absolute atomic E-state index is 0. The number of halogens is 1. The van der Waals surface area contributed by atoms with Gasteiger partial charge in [-0.15, -0.1) is 12.4 Å². The predicted molar refractivity (Wildman–Crippen MR) is 113 cm³/mol. The molecule has 2 heterocycles. The van der Waals surface area contributed by atoms with Gasteiger partial charge < -0.3 is 20.9 Å². The average Bonchev–Trinajstić information content (AvgIpc) is 2.68. The van der Waals surface area contributed by atoms with Crippen LogP contribution in [-0.4, -0.2) is 49.0 Å². The zero-order valence-electron chi connectivity index (χ0n) is 15.9. The molecule has 0 unspecified atom stereocenters. The van der Waals surface area contributed by atoms with Crippen LogP contribution in [0.15, 0.2) is 42.6 Å². The molecule has 0 bridgehead atoms. The van der Waals surface area contributed by atoms with Crippen LogP contribution < -0.4 is 16.0 Å². The van der Waals surface area contributed by atoms with Crippen molar-refractivity contribution in [2.24, 2.45) is 5.73 Å². The molecule has 0 aliphatic carbocycles. The number of nitrogens with one attached hydrogen (secondary N) is 1. The Hall–Kier alpha value is -2.15. The van der Waals surface area contributed by atoms with Crippen molar-refractivity contribution in [1.29, 1.82) is 0 Å². The van der Waals surface area contributed by atoms with Gasteiger partial charge in [0.15, 0.2) is 0 Å². The first-order chi connectivity index (χ1) is 12.6. The number of aromatic nitrogens is 1. The maximum absolute atomic E-state index is 12.3. The molecule has 1 aliphatic rings. The van der Waals surface area contributed by atoms with Crippen LogP contribution in [-0.2, 0) is 6.54 Å². The van der Waals surface area contributed by atoms with E-state index in [2.05, 4.69) is 34.2 Å². The average molecular weight is 390 g/mol. The zero-order valence-corrected chi connectivity index (χ0v) is 16.7. The second kappa shape index (κ2) is 9.69. The van der Waals surface area contributed by atoms with Gasteiger partial charge in [-0.05, 0) is 56.8 Å². The van der Waals surface area contributed by atoms with Gasteiger partial charge in [0.2, 0.25) is 0 Å². The Kier molecular flexibility index (Phi) is 7.59. The summed E-state index contributed by atoms with van der Waals surface area (Å²) in [5.74, 6) is 0.394. The highest BCUT2D eigenvalue weighted by Gasteiger charge is 2.20. The summed E-state index contributed by atoms with van der Waals surface area (Å²) in [6.45, 7) is 2.53. The largest absolute Gasteiger partial charge is 0.370 e. The molecular formula is C20H28ClN5O. The van der Waals surface area contributed by atoms with Crippen LogP contribution in [0.4, 0.5) is 11.5 Å². The van der Waals surface area contributed by atoms with E-state index in [0.717, 1.165) is 37.2 Å². The summed E-state index contributed by atoms with van der Waals surface area (Å²) in [5, 5.41) is 2.84. The summed E-state index contributed by atoms with van der Waals surface area (Å²) in [6, 6.07) is 11.8. The van der Waals surface area contributed by atoms with Crippen molar-refractivity contribution in [2.75, 3.05) is 37.4 Å². The van der Waals surface area contributed by atoms with Crippen molar-refractivity contribution >= 4 is 29.8 Å². The molecular weight excluding hydrogens is 362 g/mol. The fraction of sp³-hybridized carbons (Fsp3) is 0.400. The molecule has 0 radical (unpaired) electrons. The molecule has 1 aromatic heterocycles. The zero-order chi connectivity index (χ0) is 18.5. The lowest BCUT2D eigenvalue weighted by Crippen LogP contribution is -2.42. The molecule has 146 valence electrons. The van der Waals surface area contributed by atoms with Crippen LogP contribution in [0.5, 0.6) is 0 Å². The number of hydrogen-bond acceptors (Lipinski definition) is 5. The highest BCUT2D eigenvalue weighted by atomic mass is 35.5. The van der Waals surface area contributed by atoms with Crippen molar-refractivity contribution in [3.05, 3.63) is 53.7 Å². The molecule has 3 N–H and O–H groups in total. The van der Waals surface area contributed by atoms with Gasteiger partial charge in [0.25, 0.3) is 5.91 Å². The normalized spacial score (nSPS) is 14.7. The van der Waals surface area contributed by atoms with E-state index >= 15 is 0 Å². The van der Waals surface area contributed by atoms with Crippen molar-refractivity contribution in [1.82, 2.24) is 9.88 Å². The number of nitrogens with two attached hydrogens (primary N) is 1. The number of nitrogens with zero attached hydrogens (tertiary/aromatic N) is 3. The number of benzene rings is 1. The fourth-order valence-corrected chi connectivity index (χ4v) is 3.27. The van der Waals surface area contributed by atoms with E-state index in [9.17, 15) is 4.79 Å². The van der Waals surface area contributed by atoms with Crippen LogP contribution >= 0.6 is 12.4 Å². The van der Waals surface area contributed by atoms with E-state index in [1.54, 1.807) is 12.1 Å². The van der Waals surface area contributed by atoms with E-state index in [1.165, 1.54) is 0 Å². The van der Waals surface area contributed by atoms with Crippen LogP contribution in [0, 0.1) is 0 Å². The van der Waals surface area contributed by atoms with Gasteiger partial charge in [0.05, 0.1) is 11.9 Å². The molecule has 1 fully saturated rings. The molecule has 1 aromatic carbocycles. The van der Waals surface area contributed by atoms with E-state index in [4.69, 9.17) is 5.73 Å². The molecule has 27 heavy (non-hydrogen) atoms. The number of carbonyl (C=O) groups excluding carboxylic acids is 1. The second-order valence-electron chi connectivity index (χ2n) is 6.94. The first kappa shape index (κ1) is 21.2. The van der Waals surface area contributed by atoms with Crippen molar-refractivity contribution < 1.29 is 4.79 Å². The topological polar surface area (TPSA) is 74.5 Å². The summed E-state index contributed by atoms with van der Waals surface area (Å²) in [7, 11) is 4.28. The third-order valence-corrected chi connectivity index (χ3v) is 5.00. The third kappa shape index (κ3) is 5.42. The van der Waals surface area contributed by atoms with Crippen molar-refractivity contribution in [2.45, 2.75) is 25.4 Å². The minimum atomic E-state index is -0.166. The van der Waals surface area contributed by atoms with Crippen LogP contribution in [0.1, 0.15) is 28.8 Å². The maximum Gasteiger partial charge on any atom is 0.256 e. The van der Waals surface area contributed by atoms with E-state index in [-0.39, 0.29) is 18.3 Å². The molecule has 2 aromatic rings. The fourth-order valence-electron chi connectivity index (χ4n) is 3.27. The molecule has 1 saturated heterocycles. The Labute approximate surface area is 167 Å². The highest BCUT2D eigenvalue weighted by molar-refractivity contribution is 6.03. The predicted octanol–water partition coefficient (Wildman–Crippen LogP) is 2.74. The Bertz CT molecular complexity index is 725. The lowest BCUT2D eigenvalue weighted by atomic mass is 10.0.